The zero-order valence-electron chi connectivity index (χ0n) is 8.30. The SMILES string of the molecule is CCc1cc(Br)c(O)c(CNOC)c1. The number of phenols is 1. The highest BCUT2D eigenvalue weighted by atomic mass is 79.9. The van der Waals surface area contributed by atoms with Crippen molar-refractivity contribution in [2.45, 2.75) is 19.9 Å². The predicted molar refractivity (Wildman–Crippen MR) is 59.0 cm³/mol. The monoisotopic (exact) mass is 259 g/mol. The molecule has 0 fully saturated rings. The number of aryl methyl sites for hydroxylation is 1. The summed E-state index contributed by atoms with van der Waals surface area (Å²) >= 11 is 3.31. The summed E-state index contributed by atoms with van der Waals surface area (Å²) in [6.07, 6.45) is 0.943. The Labute approximate surface area is 92.2 Å². The minimum absolute atomic E-state index is 0.270. The molecule has 3 nitrogen and oxygen atoms in total. The zero-order valence-corrected chi connectivity index (χ0v) is 9.89. The molecule has 0 amide bonds. The summed E-state index contributed by atoms with van der Waals surface area (Å²) in [6.45, 7) is 2.57. The van der Waals surface area contributed by atoms with Gasteiger partial charge < -0.3 is 9.94 Å². The Kier molecular flexibility index (Phi) is 4.38. The molecule has 14 heavy (non-hydrogen) atoms. The van der Waals surface area contributed by atoms with Gasteiger partial charge in [-0.25, -0.2) is 0 Å². The summed E-state index contributed by atoms with van der Waals surface area (Å²) in [4.78, 5) is 4.74. The maximum absolute atomic E-state index is 9.70. The van der Waals surface area contributed by atoms with Gasteiger partial charge in [-0.15, -0.1) is 0 Å². The second-order valence-corrected chi connectivity index (χ2v) is 3.82. The Hall–Kier alpha value is -0.580. The van der Waals surface area contributed by atoms with Crippen molar-refractivity contribution in [1.29, 1.82) is 0 Å². The van der Waals surface area contributed by atoms with Crippen LogP contribution in [-0.4, -0.2) is 12.2 Å². The van der Waals surface area contributed by atoms with E-state index < -0.39 is 0 Å². The zero-order chi connectivity index (χ0) is 10.6. The van der Waals surface area contributed by atoms with Gasteiger partial charge in [0.2, 0.25) is 0 Å². The molecule has 4 heteroatoms. The summed E-state index contributed by atoms with van der Waals surface area (Å²) in [5.74, 6) is 0.270. The van der Waals surface area contributed by atoms with E-state index in [4.69, 9.17) is 4.84 Å². The lowest BCUT2D eigenvalue weighted by molar-refractivity contribution is 0.0861. The molecule has 0 atom stereocenters. The summed E-state index contributed by atoms with van der Waals surface area (Å²) in [6, 6.07) is 3.89. The van der Waals surface area contributed by atoms with Crippen LogP contribution in [0.5, 0.6) is 5.75 Å². The van der Waals surface area contributed by atoms with Gasteiger partial charge in [-0.05, 0) is 34.0 Å². The number of nitrogens with one attached hydrogen (secondary N) is 1. The summed E-state index contributed by atoms with van der Waals surface area (Å²) in [5, 5.41) is 9.70. The third-order valence-corrected chi connectivity index (χ3v) is 2.62. The van der Waals surface area contributed by atoms with Crippen molar-refractivity contribution in [3.63, 3.8) is 0 Å². The molecular formula is C10H14BrNO2. The Morgan fingerprint density at radius 2 is 2.21 bits per heavy atom. The number of hydrogen-bond donors (Lipinski definition) is 2. The average Bonchev–Trinajstić information content (AvgIpc) is 2.20. The van der Waals surface area contributed by atoms with Crippen LogP contribution in [0.4, 0.5) is 0 Å². The molecule has 0 aliphatic heterocycles. The minimum Gasteiger partial charge on any atom is -0.506 e. The number of rotatable bonds is 4. The van der Waals surface area contributed by atoms with Gasteiger partial charge in [-0.1, -0.05) is 13.0 Å². The molecule has 1 aromatic carbocycles. The first kappa shape index (κ1) is 11.5. The Bertz CT molecular complexity index is 315. The van der Waals surface area contributed by atoms with Crippen LogP contribution in [-0.2, 0) is 17.8 Å². The summed E-state index contributed by atoms with van der Waals surface area (Å²) in [5.41, 5.74) is 4.72. The Balaban J connectivity index is 2.95. The quantitative estimate of drug-likeness (QED) is 0.816. The second-order valence-electron chi connectivity index (χ2n) is 2.96. The molecule has 1 aromatic rings. The fraction of sp³-hybridized carbons (Fsp3) is 0.400. The van der Waals surface area contributed by atoms with Gasteiger partial charge in [0.1, 0.15) is 5.75 Å². The first-order valence-corrected chi connectivity index (χ1v) is 5.24. The molecule has 0 aliphatic carbocycles. The third kappa shape index (κ3) is 2.70. The highest BCUT2D eigenvalue weighted by Crippen LogP contribution is 2.29. The number of aromatic hydroxyl groups is 1. The lowest BCUT2D eigenvalue weighted by Gasteiger charge is -2.09. The molecule has 0 radical (unpaired) electrons. The molecule has 0 saturated carbocycles. The van der Waals surface area contributed by atoms with Crippen molar-refractivity contribution in [3.8, 4) is 5.75 Å². The van der Waals surface area contributed by atoms with Crippen molar-refractivity contribution >= 4 is 15.9 Å². The van der Waals surface area contributed by atoms with Crippen molar-refractivity contribution in [1.82, 2.24) is 5.48 Å². The number of halogens is 1. The van der Waals surface area contributed by atoms with Gasteiger partial charge in [0, 0.05) is 12.1 Å². The van der Waals surface area contributed by atoms with Gasteiger partial charge >= 0.3 is 0 Å². The first-order chi connectivity index (χ1) is 6.69. The Morgan fingerprint density at radius 1 is 1.50 bits per heavy atom. The fourth-order valence-corrected chi connectivity index (χ4v) is 1.76. The first-order valence-electron chi connectivity index (χ1n) is 4.45. The number of hydroxylamine groups is 1. The van der Waals surface area contributed by atoms with Crippen molar-refractivity contribution in [2.75, 3.05) is 7.11 Å². The van der Waals surface area contributed by atoms with E-state index in [1.165, 1.54) is 5.56 Å². The number of benzene rings is 1. The van der Waals surface area contributed by atoms with Crippen molar-refractivity contribution in [3.05, 3.63) is 27.7 Å². The molecule has 0 aliphatic rings. The van der Waals surface area contributed by atoms with Crippen LogP contribution in [0.1, 0.15) is 18.1 Å². The standard InChI is InChI=1S/C10H14BrNO2/c1-3-7-4-8(6-12-14-2)10(13)9(11)5-7/h4-5,12-13H,3,6H2,1-2H3. The van der Waals surface area contributed by atoms with E-state index in [0.717, 1.165) is 16.5 Å². The molecule has 0 saturated heterocycles. The molecule has 0 unspecified atom stereocenters. The van der Waals surface area contributed by atoms with Gasteiger partial charge in [-0.2, -0.15) is 5.48 Å². The van der Waals surface area contributed by atoms with Crippen LogP contribution in [0.3, 0.4) is 0 Å². The minimum atomic E-state index is 0.270. The van der Waals surface area contributed by atoms with Crippen LogP contribution in [0.15, 0.2) is 16.6 Å². The van der Waals surface area contributed by atoms with Crippen molar-refractivity contribution in [2.24, 2.45) is 0 Å². The highest BCUT2D eigenvalue weighted by Gasteiger charge is 2.06. The molecule has 0 heterocycles. The van der Waals surface area contributed by atoms with Gasteiger partial charge in [-0.3, -0.25) is 0 Å². The fourth-order valence-electron chi connectivity index (χ4n) is 1.21. The van der Waals surface area contributed by atoms with Gasteiger partial charge in [0.05, 0.1) is 11.6 Å². The molecule has 0 spiro atoms. The highest BCUT2D eigenvalue weighted by molar-refractivity contribution is 9.10. The van der Waals surface area contributed by atoms with Gasteiger partial charge in [0.25, 0.3) is 0 Å². The predicted octanol–water partition coefficient (Wildman–Crippen LogP) is 2.37. The van der Waals surface area contributed by atoms with Crippen LogP contribution in [0.2, 0.25) is 0 Å². The van der Waals surface area contributed by atoms with E-state index >= 15 is 0 Å². The van der Waals surface area contributed by atoms with Crippen LogP contribution >= 0.6 is 15.9 Å². The maximum atomic E-state index is 9.70. The normalized spacial score (nSPS) is 10.5. The topological polar surface area (TPSA) is 41.5 Å². The smallest absolute Gasteiger partial charge is 0.134 e. The third-order valence-electron chi connectivity index (χ3n) is 2.02. The molecule has 2 N–H and O–H groups in total. The summed E-state index contributed by atoms with van der Waals surface area (Å²) < 4.78 is 0.727. The molecule has 0 aromatic heterocycles. The lowest BCUT2D eigenvalue weighted by Crippen LogP contribution is -2.11. The van der Waals surface area contributed by atoms with Crippen LogP contribution in [0.25, 0.3) is 0 Å². The van der Waals surface area contributed by atoms with Crippen LogP contribution in [0, 0.1) is 0 Å². The van der Waals surface area contributed by atoms with E-state index in [1.807, 2.05) is 12.1 Å². The average molecular weight is 260 g/mol. The molecular weight excluding hydrogens is 246 g/mol. The summed E-state index contributed by atoms with van der Waals surface area (Å²) in [7, 11) is 1.55. The van der Waals surface area contributed by atoms with Crippen LogP contribution < -0.4 is 5.48 Å². The molecule has 0 bridgehead atoms. The van der Waals surface area contributed by atoms with Crippen molar-refractivity contribution < 1.29 is 9.94 Å². The van der Waals surface area contributed by atoms with E-state index in [9.17, 15) is 5.11 Å². The largest absolute Gasteiger partial charge is 0.506 e. The molecule has 78 valence electrons. The van der Waals surface area contributed by atoms with E-state index in [0.29, 0.717) is 6.54 Å². The maximum Gasteiger partial charge on any atom is 0.134 e. The number of phenolic OH excluding ortho intramolecular Hbond substituents is 1. The molecule has 1 rings (SSSR count). The Morgan fingerprint density at radius 3 is 2.79 bits per heavy atom. The van der Waals surface area contributed by atoms with E-state index in [2.05, 4.69) is 28.3 Å². The van der Waals surface area contributed by atoms with Gasteiger partial charge in [0.15, 0.2) is 0 Å². The van der Waals surface area contributed by atoms with E-state index in [1.54, 1.807) is 7.11 Å². The lowest BCUT2D eigenvalue weighted by atomic mass is 10.1. The van der Waals surface area contributed by atoms with E-state index in [-0.39, 0.29) is 5.75 Å². The number of hydrogen-bond acceptors (Lipinski definition) is 3. The second kappa shape index (κ2) is 5.34.